The SMILES string of the molecule is CC(C)C1(C(=O)O)CCN(C(=O)CCCc2nc(C(C)(C)C)no2)C1. The lowest BCUT2D eigenvalue weighted by Gasteiger charge is -2.28. The molecule has 1 fully saturated rings. The molecule has 2 rings (SSSR count). The first kappa shape index (κ1) is 19.4. The van der Waals surface area contributed by atoms with Gasteiger partial charge in [-0.25, -0.2) is 0 Å². The number of aryl methyl sites for hydroxylation is 1. The third-order valence-corrected chi connectivity index (χ3v) is 5.10. The number of carboxylic acid groups (broad SMARTS) is 1. The number of aliphatic carboxylic acids is 1. The highest BCUT2D eigenvalue weighted by molar-refractivity contribution is 5.80. The van der Waals surface area contributed by atoms with Gasteiger partial charge in [0.05, 0.1) is 5.41 Å². The maximum Gasteiger partial charge on any atom is 0.311 e. The van der Waals surface area contributed by atoms with Gasteiger partial charge < -0.3 is 14.5 Å². The normalized spacial score (nSPS) is 21.1. The molecule has 1 unspecified atom stereocenters. The van der Waals surface area contributed by atoms with E-state index in [4.69, 9.17) is 4.52 Å². The second-order valence-electron chi connectivity index (χ2n) is 8.30. The minimum Gasteiger partial charge on any atom is -0.481 e. The van der Waals surface area contributed by atoms with Gasteiger partial charge in [0.25, 0.3) is 0 Å². The van der Waals surface area contributed by atoms with Crippen molar-refractivity contribution in [3.63, 3.8) is 0 Å². The fourth-order valence-electron chi connectivity index (χ4n) is 3.15. The Morgan fingerprint density at radius 1 is 1.36 bits per heavy atom. The first-order valence-corrected chi connectivity index (χ1v) is 8.90. The molecule has 0 saturated carbocycles. The standard InChI is InChI=1S/C18H29N3O4/c1-12(2)18(16(23)24)9-10-21(11-18)14(22)8-6-7-13-19-15(20-25-13)17(3,4)5/h12H,6-11H2,1-5H3,(H,23,24). The van der Waals surface area contributed by atoms with E-state index in [0.29, 0.717) is 50.5 Å². The summed E-state index contributed by atoms with van der Waals surface area (Å²) in [5.41, 5.74) is -0.978. The largest absolute Gasteiger partial charge is 0.481 e. The van der Waals surface area contributed by atoms with E-state index in [-0.39, 0.29) is 17.2 Å². The number of aromatic nitrogens is 2. The van der Waals surface area contributed by atoms with Crippen molar-refractivity contribution in [2.24, 2.45) is 11.3 Å². The highest BCUT2D eigenvalue weighted by Gasteiger charge is 2.48. The quantitative estimate of drug-likeness (QED) is 0.846. The topological polar surface area (TPSA) is 96.5 Å². The molecule has 0 spiro atoms. The summed E-state index contributed by atoms with van der Waals surface area (Å²) < 4.78 is 5.23. The summed E-state index contributed by atoms with van der Waals surface area (Å²) in [7, 11) is 0. The Kier molecular flexibility index (Phi) is 5.54. The Hall–Kier alpha value is -1.92. The lowest BCUT2D eigenvalue weighted by atomic mass is 9.76. The molecule has 140 valence electrons. The molecule has 1 N–H and O–H groups in total. The predicted octanol–water partition coefficient (Wildman–Crippen LogP) is 2.65. The number of rotatable bonds is 6. The minimum atomic E-state index is -0.816. The van der Waals surface area contributed by atoms with Crippen molar-refractivity contribution < 1.29 is 19.2 Å². The summed E-state index contributed by atoms with van der Waals surface area (Å²) in [6.45, 7) is 10.7. The van der Waals surface area contributed by atoms with E-state index >= 15 is 0 Å². The van der Waals surface area contributed by atoms with Gasteiger partial charge in [0.1, 0.15) is 0 Å². The molecule has 2 heterocycles. The lowest BCUT2D eigenvalue weighted by Crippen LogP contribution is -2.40. The summed E-state index contributed by atoms with van der Waals surface area (Å²) in [4.78, 5) is 30.1. The molecule has 1 aliphatic heterocycles. The van der Waals surface area contributed by atoms with Crippen molar-refractivity contribution in [1.82, 2.24) is 15.0 Å². The van der Waals surface area contributed by atoms with E-state index in [1.54, 1.807) is 4.90 Å². The average molecular weight is 351 g/mol. The maximum atomic E-state index is 12.4. The van der Waals surface area contributed by atoms with E-state index in [1.807, 2.05) is 34.6 Å². The molecule has 0 aromatic carbocycles. The van der Waals surface area contributed by atoms with Crippen molar-refractivity contribution in [3.8, 4) is 0 Å². The van der Waals surface area contributed by atoms with Crippen LogP contribution >= 0.6 is 0 Å². The van der Waals surface area contributed by atoms with Crippen LogP contribution in [0, 0.1) is 11.3 Å². The fraction of sp³-hybridized carbons (Fsp3) is 0.778. The third kappa shape index (κ3) is 4.19. The maximum absolute atomic E-state index is 12.4. The van der Waals surface area contributed by atoms with Crippen LogP contribution in [0.2, 0.25) is 0 Å². The van der Waals surface area contributed by atoms with Crippen LogP contribution in [0.4, 0.5) is 0 Å². The van der Waals surface area contributed by atoms with Crippen molar-refractivity contribution in [3.05, 3.63) is 11.7 Å². The molecule has 1 aromatic heterocycles. The van der Waals surface area contributed by atoms with Gasteiger partial charge in [0.15, 0.2) is 5.82 Å². The smallest absolute Gasteiger partial charge is 0.311 e. The molecule has 7 heteroatoms. The number of likely N-dealkylation sites (tertiary alicyclic amines) is 1. The number of carbonyl (C=O) groups excluding carboxylic acids is 1. The number of hydrogen-bond donors (Lipinski definition) is 1. The second-order valence-corrected chi connectivity index (χ2v) is 8.30. The van der Waals surface area contributed by atoms with Crippen LogP contribution < -0.4 is 0 Å². The molecule has 1 aromatic rings. The van der Waals surface area contributed by atoms with Crippen LogP contribution in [-0.4, -0.2) is 45.1 Å². The Morgan fingerprint density at radius 3 is 2.52 bits per heavy atom. The van der Waals surface area contributed by atoms with Gasteiger partial charge in [0.2, 0.25) is 11.8 Å². The van der Waals surface area contributed by atoms with Crippen LogP contribution in [-0.2, 0) is 21.4 Å². The highest BCUT2D eigenvalue weighted by Crippen LogP contribution is 2.38. The van der Waals surface area contributed by atoms with E-state index in [0.717, 1.165) is 0 Å². The Morgan fingerprint density at radius 2 is 2.04 bits per heavy atom. The van der Waals surface area contributed by atoms with Gasteiger partial charge in [-0.3, -0.25) is 9.59 Å². The average Bonchev–Trinajstić information content (AvgIpc) is 3.14. The van der Waals surface area contributed by atoms with E-state index in [2.05, 4.69) is 10.1 Å². The van der Waals surface area contributed by atoms with Gasteiger partial charge in [-0.15, -0.1) is 0 Å². The molecular formula is C18H29N3O4. The van der Waals surface area contributed by atoms with Gasteiger partial charge >= 0.3 is 5.97 Å². The van der Waals surface area contributed by atoms with Crippen molar-refractivity contribution in [1.29, 1.82) is 0 Å². The fourth-order valence-corrected chi connectivity index (χ4v) is 3.15. The molecule has 1 saturated heterocycles. The predicted molar refractivity (Wildman–Crippen MR) is 92.0 cm³/mol. The molecule has 0 bridgehead atoms. The summed E-state index contributed by atoms with van der Waals surface area (Å²) in [5, 5.41) is 13.5. The van der Waals surface area contributed by atoms with E-state index < -0.39 is 11.4 Å². The van der Waals surface area contributed by atoms with Crippen LogP contribution in [0.3, 0.4) is 0 Å². The zero-order chi connectivity index (χ0) is 18.8. The molecule has 25 heavy (non-hydrogen) atoms. The Labute approximate surface area is 148 Å². The van der Waals surface area contributed by atoms with E-state index in [1.165, 1.54) is 0 Å². The molecule has 0 radical (unpaired) electrons. The first-order chi connectivity index (χ1) is 11.6. The Balaban J connectivity index is 1.85. The van der Waals surface area contributed by atoms with Crippen LogP contribution in [0.5, 0.6) is 0 Å². The number of amides is 1. The second kappa shape index (κ2) is 7.14. The van der Waals surface area contributed by atoms with Crippen LogP contribution in [0.15, 0.2) is 4.52 Å². The highest BCUT2D eigenvalue weighted by atomic mass is 16.5. The molecular weight excluding hydrogens is 322 g/mol. The van der Waals surface area contributed by atoms with Gasteiger partial charge in [-0.05, 0) is 18.8 Å². The molecule has 1 amide bonds. The summed E-state index contributed by atoms with van der Waals surface area (Å²) >= 11 is 0. The molecule has 1 atom stereocenters. The molecule has 7 nitrogen and oxygen atoms in total. The van der Waals surface area contributed by atoms with Gasteiger partial charge in [-0.2, -0.15) is 4.98 Å². The van der Waals surface area contributed by atoms with Crippen molar-refractivity contribution in [2.45, 2.75) is 65.7 Å². The monoisotopic (exact) mass is 351 g/mol. The van der Waals surface area contributed by atoms with Crippen molar-refractivity contribution >= 4 is 11.9 Å². The zero-order valence-electron chi connectivity index (χ0n) is 15.8. The van der Waals surface area contributed by atoms with Crippen LogP contribution in [0.25, 0.3) is 0 Å². The van der Waals surface area contributed by atoms with Gasteiger partial charge in [0, 0.05) is 31.3 Å². The number of nitrogens with zero attached hydrogens (tertiary/aromatic N) is 3. The van der Waals surface area contributed by atoms with E-state index in [9.17, 15) is 14.7 Å². The summed E-state index contributed by atoms with van der Waals surface area (Å²) in [6.07, 6.45) is 2.05. The summed E-state index contributed by atoms with van der Waals surface area (Å²) in [6, 6.07) is 0. The molecule has 1 aliphatic rings. The van der Waals surface area contributed by atoms with Gasteiger partial charge in [-0.1, -0.05) is 39.8 Å². The zero-order valence-corrected chi connectivity index (χ0v) is 15.8. The summed E-state index contributed by atoms with van der Waals surface area (Å²) in [5.74, 6) is 0.396. The Bertz CT molecular complexity index is 633. The van der Waals surface area contributed by atoms with Crippen molar-refractivity contribution in [2.75, 3.05) is 13.1 Å². The number of hydrogen-bond acceptors (Lipinski definition) is 5. The lowest BCUT2D eigenvalue weighted by molar-refractivity contribution is -0.151. The molecule has 0 aliphatic carbocycles. The number of carbonyl (C=O) groups is 2. The third-order valence-electron chi connectivity index (χ3n) is 5.10. The first-order valence-electron chi connectivity index (χ1n) is 8.90. The van der Waals surface area contributed by atoms with Crippen LogP contribution in [0.1, 0.15) is 65.6 Å². The minimum absolute atomic E-state index is 0.000616. The number of carboxylic acids is 1.